The fraction of sp³-hybridized carbons (Fsp3) is 0.154. The van der Waals surface area contributed by atoms with E-state index >= 15 is 0 Å². The van der Waals surface area contributed by atoms with Crippen molar-refractivity contribution in [3.05, 3.63) is 57.9 Å². The quantitative estimate of drug-likeness (QED) is 0.791. The number of hydrogen-bond acceptors (Lipinski definition) is 1. The molecule has 2 nitrogen and oxygen atoms in total. The molecule has 0 unspecified atom stereocenters. The molecule has 0 bridgehead atoms. The average molecular weight is 234 g/mol. The van der Waals surface area contributed by atoms with E-state index < -0.39 is 0 Å². The monoisotopic (exact) mass is 233 g/mol. The SMILES string of the molecule is Cc1[nH]c(Cl)c(C(=O)c2ccccc2)c1C. The summed E-state index contributed by atoms with van der Waals surface area (Å²) in [4.78, 5) is 15.2. The van der Waals surface area contributed by atoms with Gasteiger partial charge in [-0.2, -0.15) is 0 Å². The third kappa shape index (κ3) is 1.76. The standard InChI is InChI=1S/C13H12ClNO/c1-8-9(2)15-13(14)11(8)12(16)10-6-4-3-5-7-10/h3-7,15H,1-2H3. The molecular formula is C13H12ClNO. The number of H-pyrrole nitrogens is 1. The Kier molecular flexibility index (Phi) is 2.84. The number of halogens is 1. The number of aromatic nitrogens is 1. The van der Waals surface area contributed by atoms with E-state index in [1.807, 2.05) is 32.0 Å². The minimum Gasteiger partial charge on any atom is -0.349 e. The molecule has 0 saturated carbocycles. The Morgan fingerprint density at radius 1 is 1.19 bits per heavy atom. The van der Waals surface area contributed by atoms with Crippen LogP contribution >= 0.6 is 11.6 Å². The van der Waals surface area contributed by atoms with Crippen molar-refractivity contribution in [1.29, 1.82) is 0 Å². The lowest BCUT2D eigenvalue weighted by Crippen LogP contribution is -2.02. The number of aryl methyl sites for hydroxylation is 1. The van der Waals surface area contributed by atoms with Gasteiger partial charge in [0.25, 0.3) is 0 Å². The highest BCUT2D eigenvalue weighted by Crippen LogP contribution is 2.24. The maximum atomic E-state index is 12.2. The normalized spacial score (nSPS) is 10.4. The van der Waals surface area contributed by atoms with Crippen molar-refractivity contribution < 1.29 is 4.79 Å². The molecule has 1 N–H and O–H groups in total. The van der Waals surface area contributed by atoms with Gasteiger partial charge in [0.15, 0.2) is 5.78 Å². The third-order valence-electron chi connectivity index (χ3n) is 2.72. The Balaban J connectivity index is 2.50. The molecule has 0 aliphatic rings. The van der Waals surface area contributed by atoms with E-state index in [1.165, 1.54) is 0 Å². The van der Waals surface area contributed by atoms with Gasteiger partial charge in [0, 0.05) is 11.3 Å². The predicted molar refractivity (Wildman–Crippen MR) is 65.2 cm³/mol. The lowest BCUT2D eigenvalue weighted by Gasteiger charge is -2.00. The molecule has 0 radical (unpaired) electrons. The number of nitrogens with one attached hydrogen (secondary N) is 1. The molecule has 0 spiro atoms. The summed E-state index contributed by atoms with van der Waals surface area (Å²) >= 11 is 6.02. The lowest BCUT2D eigenvalue weighted by atomic mass is 10.0. The van der Waals surface area contributed by atoms with Gasteiger partial charge in [0.2, 0.25) is 0 Å². The summed E-state index contributed by atoms with van der Waals surface area (Å²) in [7, 11) is 0. The summed E-state index contributed by atoms with van der Waals surface area (Å²) in [6.07, 6.45) is 0. The number of carbonyl (C=O) groups excluding carboxylic acids is 1. The molecule has 0 aliphatic heterocycles. The van der Waals surface area contributed by atoms with Crippen LogP contribution in [-0.4, -0.2) is 10.8 Å². The highest BCUT2D eigenvalue weighted by Gasteiger charge is 2.18. The lowest BCUT2D eigenvalue weighted by molar-refractivity contribution is 0.103. The summed E-state index contributed by atoms with van der Waals surface area (Å²) in [6, 6.07) is 9.15. The maximum Gasteiger partial charge on any atom is 0.196 e. The van der Waals surface area contributed by atoms with Crippen molar-refractivity contribution in [2.45, 2.75) is 13.8 Å². The van der Waals surface area contributed by atoms with Crippen LogP contribution in [0.15, 0.2) is 30.3 Å². The van der Waals surface area contributed by atoms with Gasteiger partial charge in [-0.25, -0.2) is 0 Å². The summed E-state index contributed by atoms with van der Waals surface area (Å²) in [5, 5.41) is 0.420. The van der Waals surface area contributed by atoms with Crippen LogP contribution in [0.3, 0.4) is 0 Å². The number of rotatable bonds is 2. The Hall–Kier alpha value is -1.54. The van der Waals surface area contributed by atoms with Gasteiger partial charge in [-0.1, -0.05) is 41.9 Å². The predicted octanol–water partition coefficient (Wildman–Crippen LogP) is 3.52. The zero-order chi connectivity index (χ0) is 11.7. The smallest absolute Gasteiger partial charge is 0.196 e. The van der Waals surface area contributed by atoms with Crippen molar-refractivity contribution in [2.24, 2.45) is 0 Å². The van der Waals surface area contributed by atoms with Crippen LogP contribution < -0.4 is 0 Å². The van der Waals surface area contributed by atoms with E-state index in [1.54, 1.807) is 12.1 Å². The van der Waals surface area contributed by atoms with Gasteiger partial charge in [0.05, 0.1) is 5.56 Å². The molecule has 0 saturated heterocycles. The molecule has 1 heterocycles. The molecule has 1 aromatic heterocycles. The van der Waals surface area contributed by atoms with E-state index in [0.717, 1.165) is 11.3 Å². The van der Waals surface area contributed by atoms with Crippen LogP contribution in [0, 0.1) is 13.8 Å². The number of carbonyl (C=O) groups is 1. The summed E-state index contributed by atoms with van der Waals surface area (Å²) in [6.45, 7) is 3.80. The number of hydrogen-bond donors (Lipinski definition) is 1. The molecular weight excluding hydrogens is 222 g/mol. The Morgan fingerprint density at radius 3 is 2.31 bits per heavy atom. The molecule has 2 aromatic rings. The van der Waals surface area contributed by atoms with Gasteiger partial charge in [0.1, 0.15) is 5.15 Å². The Labute approximate surface area is 99.3 Å². The molecule has 0 fully saturated rings. The largest absolute Gasteiger partial charge is 0.349 e. The van der Waals surface area contributed by atoms with Gasteiger partial charge < -0.3 is 4.98 Å². The van der Waals surface area contributed by atoms with Crippen LogP contribution in [0.1, 0.15) is 27.2 Å². The van der Waals surface area contributed by atoms with Crippen LogP contribution in [0.2, 0.25) is 5.15 Å². The minimum atomic E-state index is -0.0348. The first-order valence-corrected chi connectivity index (χ1v) is 5.43. The zero-order valence-electron chi connectivity index (χ0n) is 9.17. The van der Waals surface area contributed by atoms with Crippen LogP contribution in [0.4, 0.5) is 0 Å². The van der Waals surface area contributed by atoms with E-state index in [-0.39, 0.29) is 5.78 Å². The molecule has 0 atom stereocenters. The van der Waals surface area contributed by atoms with Crippen molar-refractivity contribution >= 4 is 17.4 Å². The van der Waals surface area contributed by atoms with Crippen molar-refractivity contribution in [1.82, 2.24) is 4.98 Å². The second-order valence-corrected chi connectivity index (χ2v) is 4.14. The first-order valence-electron chi connectivity index (χ1n) is 5.05. The summed E-state index contributed by atoms with van der Waals surface area (Å²) in [5.74, 6) is -0.0348. The number of aromatic amines is 1. The molecule has 0 amide bonds. The van der Waals surface area contributed by atoms with Gasteiger partial charge in [-0.3, -0.25) is 4.79 Å². The summed E-state index contributed by atoms with van der Waals surface area (Å²) in [5.41, 5.74) is 3.08. The molecule has 3 heteroatoms. The first-order chi connectivity index (χ1) is 7.61. The van der Waals surface area contributed by atoms with E-state index in [9.17, 15) is 4.79 Å². The molecule has 2 rings (SSSR count). The molecule has 0 aliphatic carbocycles. The molecule has 82 valence electrons. The zero-order valence-corrected chi connectivity index (χ0v) is 9.93. The fourth-order valence-corrected chi connectivity index (χ4v) is 2.05. The number of benzene rings is 1. The highest BCUT2D eigenvalue weighted by atomic mass is 35.5. The molecule has 1 aromatic carbocycles. The minimum absolute atomic E-state index is 0.0348. The Morgan fingerprint density at radius 2 is 1.81 bits per heavy atom. The van der Waals surface area contributed by atoms with Crippen molar-refractivity contribution in [2.75, 3.05) is 0 Å². The highest BCUT2D eigenvalue weighted by molar-refractivity contribution is 6.34. The van der Waals surface area contributed by atoms with Crippen LogP contribution in [0.5, 0.6) is 0 Å². The third-order valence-corrected chi connectivity index (χ3v) is 3.00. The average Bonchev–Trinajstić information content (AvgIpc) is 2.54. The van der Waals surface area contributed by atoms with E-state index in [0.29, 0.717) is 16.3 Å². The maximum absolute atomic E-state index is 12.2. The fourth-order valence-electron chi connectivity index (χ4n) is 1.68. The van der Waals surface area contributed by atoms with Crippen LogP contribution in [0.25, 0.3) is 0 Å². The van der Waals surface area contributed by atoms with Crippen LogP contribution in [-0.2, 0) is 0 Å². The second-order valence-electron chi connectivity index (χ2n) is 3.76. The van der Waals surface area contributed by atoms with E-state index in [4.69, 9.17) is 11.6 Å². The number of ketones is 1. The van der Waals surface area contributed by atoms with Crippen molar-refractivity contribution in [3.63, 3.8) is 0 Å². The topological polar surface area (TPSA) is 32.9 Å². The van der Waals surface area contributed by atoms with Gasteiger partial charge in [-0.15, -0.1) is 0 Å². The Bertz CT molecular complexity index is 528. The van der Waals surface area contributed by atoms with Gasteiger partial charge in [-0.05, 0) is 19.4 Å². The van der Waals surface area contributed by atoms with Crippen molar-refractivity contribution in [3.8, 4) is 0 Å². The van der Waals surface area contributed by atoms with E-state index in [2.05, 4.69) is 4.98 Å². The van der Waals surface area contributed by atoms with Gasteiger partial charge >= 0.3 is 0 Å². The molecule has 16 heavy (non-hydrogen) atoms. The first kappa shape index (κ1) is 11.0. The summed E-state index contributed by atoms with van der Waals surface area (Å²) < 4.78 is 0. The second kappa shape index (κ2) is 4.14.